The second-order valence-corrected chi connectivity index (χ2v) is 5.44. The van der Waals surface area contributed by atoms with Crippen LogP contribution in [0, 0.1) is 0 Å². The highest BCUT2D eigenvalue weighted by molar-refractivity contribution is 6.32. The minimum atomic E-state index is -0.956. The van der Waals surface area contributed by atoms with Crippen LogP contribution in [0.3, 0.4) is 0 Å². The van der Waals surface area contributed by atoms with Crippen molar-refractivity contribution in [2.24, 2.45) is 0 Å². The zero-order chi connectivity index (χ0) is 14.2. The van der Waals surface area contributed by atoms with E-state index in [2.05, 4.69) is 0 Å². The molecule has 1 aromatic carbocycles. The van der Waals surface area contributed by atoms with Crippen LogP contribution in [0.15, 0.2) is 12.1 Å². The predicted molar refractivity (Wildman–Crippen MR) is 70.8 cm³/mol. The third kappa shape index (κ3) is 2.62. The fraction of sp³-hybridized carbons (Fsp3) is 0.462. The van der Waals surface area contributed by atoms with Gasteiger partial charge in [-0.3, -0.25) is 9.69 Å². The third-order valence-corrected chi connectivity index (χ3v) is 3.67. The normalized spacial score (nSPS) is 13.9. The molecule has 0 bridgehead atoms. The van der Waals surface area contributed by atoms with Gasteiger partial charge < -0.3 is 14.6 Å². The van der Waals surface area contributed by atoms with E-state index in [9.17, 15) is 9.90 Å². The molecule has 0 fully saturated rings. The lowest BCUT2D eigenvalue weighted by Crippen LogP contribution is -2.47. The Morgan fingerprint density at radius 3 is 2.79 bits per heavy atom. The van der Waals surface area contributed by atoms with Crippen LogP contribution in [-0.2, 0) is 11.3 Å². The molecule has 2 rings (SSSR count). The molecule has 0 saturated carbocycles. The van der Waals surface area contributed by atoms with Gasteiger partial charge in [-0.25, -0.2) is 0 Å². The van der Waals surface area contributed by atoms with Crippen LogP contribution in [0.5, 0.6) is 11.5 Å². The molecule has 0 amide bonds. The molecule has 1 aliphatic heterocycles. The number of fused-ring (bicyclic) bond motifs is 1. The van der Waals surface area contributed by atoms with E-state index in [1.807, 2.05) is 6.07 Å². The number of carboxylic acids is 1. The van der Waals surface area contributed by atoms with Gasteiger partial charge in [0.1, 0.15) is 5.54 Å². The van der Waals surface area contributed by atoms with Gasteiger partial charge in [-0.1, -0.05) is 11.6 Å². The van der Waals surface area contributed by atoms with Crippen molar-refractivity contribution in [3.63, 3.8) is 0 Å². The summed E-state index contributed by atoms with van der Waals surface area (Å²) in [5.74, 6) is 0.274. The van der Waals surface area contributed by atoms with Gasteiger partial charge in [0.05, 0.1) is 5.02 Å². The maximum Gasteiger partial charge on any atom is 0.323 e. The van der Waals surface area contributed by atoms with Gasteiger partial charge >= 0.3 is 5.97 Å². The Morgan fingerprint density at radius 2 is 2.16 bits per heavy atom. The smallest absolute Gasteiger partial charge is 0.323 e. The molecule has 0 aromatic heterocycles. The Labute approximate surface area is 116 Å². The number of ether oxygens (including phenoxy) is 2. The molecule has 0 saturated heterocycles. The van der Waals surface area contributed by atoms with Crippen LogP contribution in [-0.4, -0.2) is 35.4 Å². The molecule has 0 radical (unpaired) electrons. The Balaban J connectivity index is 2.21. The van der Waals surface area contributed by atoms with Gasteiger partial charge in [0.15, 0.2) is 11.5 Å². The van der Waals surface area contributed by atoms with Crippen molar-refractivity contribution in [2.75, 3.05) is 13.8 Å². The van der Waals surface area contributed by atoms with Crippen molar-refractivity contribution in [1.29, 1.82) is 0 Å². The SMILES string of the molecule is CN(Cc1cc(Cl)c2c(c1)OCO2)C(C)(C)C(=O)O. The van der Waals surface area contributed by atoms with Crippen molar-refractivity contribution in [3.8, 4) is 11.5 Å². The Morgan fingerprint density at radius 1 is 1.47 bits per heavy atom. The molecule has 1 aromatic rings. The summed E-state index contributed by atoms with van der Waals surface area (Å²) in [5.41, 5.74) is -0.0749. The quantitative estimate of drug-likeness (QED) is 0.920. The largest absolute Gasteiger partial charge is 0.480 e. The molecule has 6 heteroatoms. The second kappa shape index (κ2) is 4.90. The summed E-state index contributed by atoms with van der Waals surface area (Å²) in [6.07, 6.45) is 0. The Bertz CT molecular complexity index is 516. The van der Waals surface area contributed by atoms with E-state index in [-0.39, 0.29) is 6.79 Å². The molecule has 104 valence electrons. The van der Waals surface area contributed by atoms with Crippen molar-refractivity contribution in [3.05, 3.63) is 22.7 Å². The summed E-state index contributed by atoms with van der Waals surface area (Å²) in [4.78, 5) is 12.9. The number of halogens is 1. The number of benzene rings is 1. The zero-order valence-electron chi connectivity index (χ0n) is 11.1. The molecular weight excluding hydrogens is 270 g/mol. The number of hydrogen-bond acceptors (Lipinski definition) is 4. The van der Waals surface area contributed by atoms with Crippen molar-refractivity contribution < 1.29 is 19.4 Å². The van der Waals surface area contributed by atoms with Gasteiger partial charge in [0.2, 0.25) is 6.79 Å². The number of carbonyl (C=O) groups is 1. The van der Waals surface area contributed by atoms with E-state index >= 15 is 0 Å². The van der Waals surface area contributed by atoms with E-state index in [0.717, 1.165) is 5.56 Å². The fourth-order valence-electron chi connectivity index (χ4n) is 1.75. The number of rotatable bonds is 4. The van der Waals surface area contributed by atoms with Crippen molar-refractivity contribution >= 4 is 17.6 Å². The van der Waals surface area contributed by atoms with Crippen LogP contribution < -0.4 is 9.47 Å². The molecular formula is C13H16ClNO4. The lowest BCUT2D eigenvalue weighted by Gasteiger charge is -2.31. The zero-order valence-corrected chi connectivity index (χ0v) is 11.8. The van der Waals surface area contributed by atoms with Crippen LogP contribution in [0.25, 0.3) is 0 Å². The first-order valence-corrected chi connectivity index (χ1v) is 6.23. The lowest BCUT2D eigenvalue weighted by molar-refractivity contribution is -0.148. The summed E-state index contributed by atoms with van der Waals surface area (Å²) in [6.45, 7) is 3.93. The van der Waals surface area contributed by atoms with Gasteiger partial charge in [0.25, 0.3) is 0 Å². The summed E-state index contributed by atoms with van der Waals surface area (Å²) < 4.78 is 10.5. The van der Waals surface area contributed by atoms with Crippen LogP contribution in [0.4, 0.5) is 0 Å². The molecule has 19 heavy (non-hydrogen) atoms. The molecule has 0 aliphatic carbocycles. The number of likely N-dealkylation sites (N-methyl/N-ethyl adjacent to an activating group) is 1. The highest BCUT2D eigenvalue weighted by Crippen LogP contribution is 2.40. The van der Waals surface area contributed by atoms with Gasteiger partial charge in [-0.15, -0.1) is 0 Å². The summed E-state index contributed by atoms with van der Waals surface area (Å²) >= 11 is 6.10. The highest BCUT2D eigenvalue weighted by atomic mass is 35.5. The number of aliphatic carboxylic acids is 1. The van der Waals surface area contributed by atoms with E-state index in [4.69, 9.17) is 21.1 Å². The molecule has 1 N–H and O–H groups in total. The number of carboxylic acid groups (broad SMARTS) is 1. The van der Waals surface area contributed by atoms with Gasteiger partial charge in [-0.2, -0.15) is 0 Å². The second-order valence-electron chi connectivity index (χ2n) is 5.03. The van der Waals surface area contributed by atoms with E-state index in [1.54, 1.807) is 31.9 Å². The van der Waals surface area contributed by atoms with Crippen molar-refractivity contribution in [2.45, 2.75) is 25.9 Å². The van der Waals surface area contributed by atoms with Crippen LogP contribution in [0.1, 0.15) is 19.4 Å². The minimum Gasteiger partial charge on any atom is -0.480 e. The van der Waals surface area contributed by atoms with Crippen molar-refractivity contribution in [1.82, 2.24) is 4.90 Å². The minimum absolute atomic E-state index is 0.162. The highest BCUT2D eigenvalue weighted by Gasteiger charge is 2.32. The van der Waals surface area contributed by atoms with Crippen LogP contribution >= 0.6 is 11.6 Å². The third-order valence-electron chi connectivity index (χ3n) is 3.38. The topological polar surface area (TPSA) is 59.0 Å². The van der Waals surface area contributed by atoms with E-state index < -0.39 is 11.5 Å². The van der Waals surface area contributed by atoms with E-state index in [1.165, 1.54) is 0 Å². The first-order chi connectivity index (χ1) is 8.82. The van der Waals surface area contributed by atoms with Gasteiger partial charge in [0, 0.05) is 6.54 Å². The maximum atomic E-state index is 11.2. The van der Waals surface area contributed by atoms with Gasteiger partial charge in [-0.05, 0) is 38.6 Å². The molecule has 0 spiro atoms. The average Bonchev–Trinajstić information content (AvgIpc) is 2.77. The first-order valence-electron chi connectivity index (χ1n) is 5.85. The standard InChI is InChI=1S/C13H16ClNO4/c1-13(2,12(16)17)15(3)6-8-4-9(14)11-10(5-8)18-7-19-11/h4-5H,6-7H2,1-3H3,(H,16,17). The molecule has 0 atom stereocenters. The maximum absolute atomic E-state index is 11.2. The Kier molecular flexibility index (Phi) is 3.60. The van der Waals surface area contributed by atoms with Crippen LogP contribution in [0.2, 0.25) is 5.02 Å². The predicted octanol–water partition coefficient (Wildman–Crippen LogP) is 2.36. The lowest BCUT2D eigenvalue weighted by atomic mass is 10.0. The number of nitrogens with zero attached hydrogens (tertiary/aromatic N) is 1. The first kappa shape index (κ1) is 14.0. The Hall–Kier alpha value is -1.46. The summed E-state index contributed by atoms with van der Waals surface area (Å²) in [7, 11) is 1.76. The molecule has 5 nitrogen and oxygen atoms in total. The monoisotopic (exact) mass is 285 g/mol. The average molecular weight is 286 g/mol. The number of hydrogen-bond donors (Lipinski definition) is 1. The summed E-state index contributed by atoms with van der Waals surface area (Å²) in [5, 5.41) is 9.67. The molecule has 1 heterocycles. The molecule has 1 aliphatic rings. The fourth-order valence-corrected chi connectivity index (χ4v) is 2.03. The molecule has 0 unspecified atom stereocenters. The van der Waals surface area contributed by atoms with E-state index in [0.29, 0.717) is 23.1 Å². The summed E-state index contributed by atoms with van der Waals surface area (Å²) in [6, 6.07) is 3.59.